The molecule has 0 aliphatic heterocycles. The van der Waals surface area contributed by atoms with Crippen LogP contribution in [0.1, 0.15) is 41.7 Å². The summed E-state index contributed by atoms with van der Waals surface area (Å²) in [5.41, 5.74) is 2.69. The van der Waals surface area contributed by atoms with Crippen LogP contribution in [0.3, 0.4) is 0 Å². The summed E-state index contributed by atoms with van der Waals surface area (Å²) in [7, 11) is 0. The van der Waals surface area contributed by atoms with Crippen molar-refractivity contribution in [2.75, 3.05) is 11.9 Å². The fraction of sp³-hybridized carbons (Fsp3) is 0.381. The average Bonchev–Trinajstić information content (AvgIpc) is 3.09. The molecule has 2 heterocycles. The van der Waals surface area contributed by atoms with Gasteiger partial charge < -0.3 is 15.6 Å². The molecule has 1 aliphatic carbocycles. The largest absolute Gasteiger partial charge is 0.369 e. The Labute approximate surface area is 158 Å². The van der Waals surface area contributed by atoms with E-state index in [9.17, 15) is 4.79 Å². The monoisotopic (exact) mass is 363 g/mol. The Morgan fingerprint density at radius 3 is 2.70 bits per heavy atom. The van der Waals surface area contributed by atoms with E-state index in [0.717, 1.165) is 60.3 Å². The number of anilines is 1. The normalized spacial score (nSPS) is 19.7. The molecule has 0 unspecified atom stereocenters. The Morgan fingerprint density at radius 1 is 1.15 bits per heavy atom. The lowest BCUT2D eigenvalue weighted by Crippen LogP contribution is -2.38. The summed E-state index contributed by atoms with van der Waals surface area (Å²) < 4.78 is 0. The predicted octanol–water partition coefficient (Wildman–Crippen LogP) is 3.67. The zero-order chi connectivity index (χ0) is 18.6. The quantitative estimate of drug-likeness (QED) is 0.646. The summed E-state index contributed by atoms with van der Waals surface area (Å²) in [4.78, 5) is 24.2. The smallest absolute Gasteiger partial charge is 0.251 e. The SMILES string of the molecule is Cc1cc2c(NCC3CCC(NC(=O)c4ccccc4)CC3)ncnc2[nH]1. The number of H-pyrrole nitrogens is 1. The van der Waals surface area contributed by atoms with Crippen LogP contribution in [0.5, 0.6) is 0 Å². The molecule has 0 atom stereocenters. The molecule has 140 valence electrons. The molecule has 1 fully saturated rings. The number of hydrogen-bond donors (Lipinski definition) is 3. The molecule has 6 heteroatoms. The van der Waals surface area contributed by atoms with Crippen molar-refractivity contribution in [3.8, 4) is 0 Å². The van der Waals surface area contributed by atoms with Gasteiger partial charge in [0.05, 0.1) is 5.39 Å². The third-order valence-electron chi connectivity index (χ3n) is 5.34. The van der Waals surface area contributed by atoms with Crippen LogP contribution in [0.2, 0.25) is 0 Å². The molecule has 0 bridgehead atoms. The van der Waals surface area contributed by atoms with Crippen LogP contribution < -0.4 is 10.6 Å². The Kier molecular flexibility index (Phi) is 5.05. The number of hydrogen-bond acceptors (Lipinski definition) is 4. The first-order valence-corrected chi connectivity index (χ1v) is 9.59. The number of aryl methyl sites for hydroxylation is 1. The van der Waals surface area contributed by atoms with Crippen LogP contribution >= 0.6 is 0 Å². The molecule has 0 saturated heterocycles. The highest BCUT2D eigenvalue weighted by molar-refractivity contribution is 5.94. The molecule has 4 rings (SSSR count). The Balaban J connectivity index is 1.28. The first kappa shape index (κ1) is 17.5. The van der Waals surface area contributed by atoms with Crippen LogP contribution in [0, 0.1) is 12.8 Å². The maximum absolute atomic E-state index is 12.3. The standard InChI is InChI=1S/C21H25N5O/c1-14-11-18-19(23-13-24-20(18)25-14)22-12-15-7-9-17(10-8-15)26-21(27)16-5-3-2-4-6-16/h2-6,11,13,15,17H,7-10,12H2,1H3,(H,26,27)(H2,22,23,24,25). The second-order valence-electron chi connectivity index (χ2n) is 7.37. The van der Waals surface area contributed by atoms with Gasteiger partial charge >= 0.3 is 0 Å². The Morgan fingerprint density at radius 2 is 1.93 bits per heavy atom. The number of nitrogens with one attached hydrogen (secondary N) is 3. The number of nitrogens with zero attached hydrogens (tertiary/aromatic N) is 2. The van der Waals surface area contributed by atoms with E-state index in [0.29, 0.717) is 5.92 Å². The number of carbonyl (C=O) groups is 1. The van der Waals surface area contributed by atoms with Crippen molar-refractivity contribution < 1.29 is 4.79 Å². The Bertz CT molecular complexity index is 913. The average molecular weight is 363 g/mol. The molecule has 0 spiro atoms. The van der Waals surface area contributed by atoms with Crippen LogP contribution in [0.25, 0.3) is 11.0 Å². The lowest BCUT2D eigenvalue weighted by atomic mass is 9.86. The predicted molar refractivity (Wildman–Crippen MR) is 107 cm³/mol. The third kappa shape index (κ3) is 4.10. The van der Waals surface area contributed by atoms with E-state index in [-0.39, 0.29) is 11.9 Å². The molecule has 1 amide bonds. The number of rotatable bonds is 5. The summed E-state index contributed by atoms with van der Waals surface area (Å²) in [5.74, 6) is 1.52. The maximum Gasteiger partial charge on any atom is 0.251 e. The number of amides is 1. The van der Waals surface area contributed by atoms with Gasteiger partial charge in [-0.3, -0.25) is 4.79 Å². The molecule has 3 aromatic rings. The first-order chi connectivity index (χ1) is 13.2. The van der Waals surface area contributed by atoms with Gasteiger partial charge in [-0.15, -0.1) is 0 Å². The number of carbonyl (C=O) groups excluding carboxylic acids is 1. The summed E-state index contributed by atoms with van der Waals surface area (Å²) in [6.07, 6.45) is 5.84. The molecule has 1 saturated carbocycles. The van der Waals surface area contributed by atoms with Gasteiger partial charge in [0.2, 0.25) is 0 Å². The molecular weight excluding hydrogens is 338 g/mol. The van der Waals surface area contributed by atoms with E-state index in [1.54, 1.807) is 6.33 Å². The van der Waals surface area contributed by atoms with Crippen molar-refractivity contribution in [2.24, 2.45) is 5.92 Å². The van der Waals surface area contributed by atoms with E-state index in [2.05, 4.69) is 31.7 Å². The van der Waals surface area contributed by atoms with Crippen molar-refractivity contribution >= 4 is 22.8 Å². The van der Waals surface area contributed by atoms with Crippen LogP contribution in [0.4, 0.5) is 5.82 Å². The van der Waals surface area contributed by atoms with Crippen molar-refractivity contribution in [1.82, 2.24) is 20.3 Å². The summed E-state index contributed by atoms with van der Waals surface area (Å²) >= 11 is 0. The third-order valence-corrected chi connectivity index (χ3v) is 5.34. The fourth-order valence-corrected chi connectivity index (χ4v) is 3.82. The highest BCUT2D eigenvalue weighted by Gasteiger charge is 2.23. The molecule has 6 nitrogen and oxygen atoms in total. The molecular formula is C21H25N5O. The van der Waals surface area contributed by atoms with Gasteiger partial charge in [0.25, 0.3) is 5.91 Å². The van der Waals surface area contributed by atoms with Crippen LogP contribution in [-0.4, -0.2) is 33.4 Å². The Hall–Kier alpha value is -2.89. The van der Waals surface area contributed by atoms with Crippen molar-refractivity contribution in [3.05, 3.63) is 54.0 Å². The molecule has 27 heavy (non-hydrogen) atoms. The van der Waals surface area contributed by atoms with Gasteiger partial charge in [-0.2, -0.15) is 0 Å². The van der Waals surface area contributed by atoms with Crippen molar-refractivity contribution in [1.29, 1.82) is 0 Å². The van der Waals surface area contributed by atoms with Crippen LogP contribution in [0.15, 0.2) is 42.7 Å². The minimum atomic E-state index is 0.0309. The summed E-state index contributed by atoms with van der Waals surface area (Å²) in [6, 6.07) is 11.8. The topological polar surface area (TPSA) is 82.7 Å². The first-order valence-electron chi connectivity index (χ1n) is 9.59. The van der Waals surface area contributed by atoms with E-state index in [1.165, 1.54) is 0 Å². The minimum Gasteiger partial charge on any atom is -0.369 e. The van der Waals surface area contributed by atoms with E-state index >= 15 is 0 Å². The highest BCUT2D eigenvalue weighted by atomic mass is 16.1. The number of aromatic amines is 1. The molecule has 2 aromatic heterocycles. The second-order valence-corrected chi connectivity index (χ2v) is 7.37. The molecule has 3 N–H and O–H groups in total. The van der Waals surface area contributed by atoms with Crippen molar-refractivity contribution in [2.45, 2.75) is 38.6 Å². The van der Waals surface area contributed by atoms with Crippen LogP contribution in [-0.2, 0) is 0 Å². The molecule has 1 aromatic carbocycles. The van der Waals surface area contributed by atoms with Gasteiger partial charge in [-0.1, -0.05) is 18.2 Å². The van der Waals surface area contributed by atoms with Crippen molar-refractivity contribution in [3.63, 3.8) is 0 Å². The zero-order valence-corrected chi connectivity index (χ0v) is 15.5. The molecule has 1 aliphatic rings. The van der Waals surface area contributed by atoms with Gasteiger partial charge in [0, 0.05) is 23.8 Å². The van der Waals surface area contributed by atoms with Gasteiger partial charge in [0.15, 0.2) is 0 Å². The van der Waals surface area contributed by atoms with E-state index < -0.39 is 0 Å². The van der Waals surface area contributed by atoms with E-state index in [4.69, 9.17) is 0 Å². The maximum atomic E-state index is 12.3. The number of benzene rings is 1. The fourth-order valence-electron chi connectivity index (χ4n) is 3.82. The molecule has 0 radical (unpaired) electrons. The highest BCUT2D eigenvalue weighted by Crippen LogP contribution is 2.26. The zero-order valence-electron chi connectivity index (χ0n) is 15.5. The minimum absolute atomic E-state index is 0.0309. The number of fused-ring (bicyclic) bond motifs is 1. The van der Waals surface area contributed by atoms with Gasteiger partial charge in [0.1, 0.15) is 17.8 Å². The van der Waals surface area contributed by atoms with Gasteiger partial charge in [-0.05, 0) is 56.7 Å². The lowest BCUT2D eigenvalue weighted by Gasteiger charge is -2.29. The summed E-state index contributed by atoms with van der Waals surface area (Å²) in [5, 5.41) is 7.71. The lowest BCUT2D eigenvalue weighted by molar-refractivity contribution is 0.0922. The number of aromatic nitrogens is 3. The van der Waals surface area contributed by atoms with E-state index in [1.807, 2.05) is 37.3 Å². The second kappa shape index (κ2) is 7.78. The summed E-state index contributed by atoms with van der Waals surface area (Å²) in [6.45, 7) is 2.92. The van der Waals surface area contributed by atoms with Gasteiger partial charge in [-0.25, -0.2) is 9.97 Å².